The number of rotatable bonds is 6. The fourth-order valence-electron chi connectivity index (χ4n) is 4.36. The Kier molecular flexibility index (Phi) is 7.24. The normalized spacial score (nSPS) is 16.1. The first-order valence-corrected chi connectivity index (χ1v) is 11.8. The van der Waals surface area contributed by atoms with Crippen molar-refractivity contribution in [1.82, 2.24) is 14.5 Å². The lowest BCUT2D eigenvalue weighted by atomic mass is 10.0. The minimum atomic E-state index is -0.402. The molecule has 1 saturated heterocycles. The van der Waals surface area contributed by atoms with E-state index in [1.807, 2.05) is 44.3 Å². The second-order valence-electron chi connectivity index (χ2n) is 8.45. The van der Waals surface area contributed by atoms with Gasteiger partial charge in [-0.1, -0.05) is 29.8 Å². The fourth-order valence-corrected chi connectivity index (χ4v) is 4.58. The molecule has 0 spiro atoms. The minimum absolute atomic E-state index is 0.135. The number of ether oxygens (including phenoxy) is 1. The van der Waals surface area contributed by atoms with Gasteiger partial charge < -0.3 is 15.4 Å². The smallest absolute Gasteiger partial charge is 0.179 e. The van der Waals surface area contributed by atoms with E-state index in [4.69, 9.17) is 32.3 Å². The SMILES string of the molecule is CC(=NC1CCN(C#N)CC1)/C(=C\N)c1cc(OC(C)c2ccccc2C#N)c2c(Cl)cnn2c1. The van der Waals surface area contributed by atoms with Gasteiger partial charge in [0.05, 0.1) is 28.9 Å². The van der Waals surface area contributed by atoms with Gasteiger partial charge >= 0.3 is 0 Å². The largest absolute Gasteiger partial charge is 0.484 e. The van der Waals surface area contributed by atoms with E-state index in [1.165, 1.54) is 6.20 Å². The molecule has 0 aliphatic carbocycles. The van der Waals surface area contributed by atoms with Crippen LogP contribution in [-0.2, 0) is 0 Å². The number of nitriles is 2. The Morgan fingerprint density at radius 1 is 1.31 bits per heavy atom. The summed E-state index contributed by atoms with van der Waals surface area (Å²) in [6.07, 6.45) is 8.38. The summed E-state index contributed by atoms with van der Waals surface area (Å²) >= 11 is 6.44. The maximum atomic E-state index is 9.50. The molecule has 1 atom stereocenters. The number of benzene rings is 1. The molecule has 0 saturated carbocycles. The van der Waals surface area contributed by atoms with Crippen LogP contribution in [-0.4, -0.2) is 39.4 Å². The molecule has 1 aliphatic heterocycles. The van der Waals surface area contributed by atoms with Gasteiger partial charge in [-0.15, -0.1) is 0 Å². The summed E-state index contributed by atoms with van der Waals surface area (Å²) in [5.74, 6) is 0.528. The van der Waals surface area contributed by atoms with E-state index in [-0.39, 0.29) is 6.04 Å². The number of hydrogen-bond donors (Lipinski definition) is 1. The molecule has 1 fully saturated rings. The zero-order valence-corrected chi connectivity index (χ0v) is 20.4. The van der Waals surface area contributed by atoms with Crippen molar-refractivity contribution in [2.45, 2.75) is 38.8 Å². The highest BCUT2D eigenvalue weighted by Crippen LogP contribution is 2.34. The quantitative estimate of drug-likeness (QED) is 0.397. The molecule has 35 heavy (non-hydrogen) atoms. The zero-order valence-electron chi connectivity index (χ0n) is 19.6. The molecule has 2 N–H and O–H groups in total. The topological polar surface area (TPSA) is 116 Å². The standard InChI is InChI=1S/C26H26ClN7O/c1-17(32-21-7-9-33(16-30)10-8-21)23(13-29)20-11-25(26-24(27)14-31-34(26)15-20)35-18(2)22-6-4-3-5-19(22)12-28/h3-6,11,13-15,18,21H,7-10,29H2,1-2H3/b23-13+,32-17?. The van der Waals surface area contributed by atoms with Gasteiger partial charge in [0.25, 0.3) is 0 Å². The number of aliphatic imine (C=N–C) groups is 1. The highest BCUT2D eigenvalue weighted by atomic mass is 35.5. The van der Waals surface area contributed by atoms with Crippen LogP contribution in [0.3, 0.4) is 0 Å². The van der Waals surface area contributed by atoms with Crippen LogP contribution < -0.4 is 10.5 Å². The van der Waals surface area contributed by atoms with Gasteiger partial charge in [-0.05, 0) is 38.8 Å². The van der Waals surface area contributed by atoms with E-state index in [0.29, 0.717) is 34.9 Å². The number of pyridine rings is 1. The van der Waals surface area contributed by atoms with Gasteiger partial charge in [0.1, 0.15) is 17.4 Å². The van der Waals surface area contributed by atoms with Gasteiger partial charge in [0, 0.05) is 47.9 Å². The second kappa shape index (κ2) is 10.5. The van der Waals surface area contributed by atoms with Crippen molar-refractivity contribution in [3.63, 3.8) is 0 Å². The third-order valence-corrected chi connectivity index (χ3v) is 6.48. The van der Waals surface area contributed by atoms with Crippen molar-refractivity contribution in [1.29, 1.82) is 10.5 Å². The number of piperidine rings is 1. The first-order valence-electron chi connectivity index (χ1n) is 11.4. The predicted molar refractivity (Wildman–Crippen MR) is 136 cm³/mol. The summed E-state index contributed by atoms with van der Waals surface area (Å²) < 4.78 is 8.01. The highest BCUT2D eigenvalue weighted by Gasteiger charge is 2.21. The Hall–Kier alpha value is -4.01. The summed E-state index contributed by atoms with van der Waals surface area (Å²) in [6.45, 7) is 5.24. The lowest BCUT2D eigenvalue weighted by Gasteiger charge is -2.26. The van der Waals surface area contributed by atoms with E-state index in [9.17, 15) is 5.26 Å². The summed E-state index contributed by atoms with van der Waals surface area (Å²) in [4.78, 5) is 6.65. The van der Waals surface area contributed by atoms with E-state index in [0.717, 1.165) is 35.3 Å². The van der Waals surface area contributed by atoms with Gasteiger partial charge in [0.2, 0.25) is 0 Å². The molecule has 1 unspecified atom stereocenters. The minimum Gasteiger partial charge on any atom is -0.484 e. The highest BCUT2D eigenvalue weighted by molar-refractivity contribution is 6.34. The van der Waals surface area contributed by atoms with Crippen molar-refractivity contribution >= 4 is 28.4 Å². The molecule has 0 amide bonds. The molecule has 3 aromatic rings. The molecule has 9 heteroatoms. The predicted octanol–water partition coefficient (Wildman–Crippen LogP) is 4.71. The Bertz CT molecular complexity index is 1370. The van der Waals surface area contributed by atoms with Crippen molar-refractivity contribution in [2.75, 3.05) is 13.1 Å². The first-order chi connectivity index (χ1) is 16.9. The first kappa shape index (κ1) is 24.1. The lowest BCUT2D eigenvalue weighted by molar-refractivity contribution is 0.228. The van der Waals surface area contributed by atoms with Crippen LogP contribution >= 0.6 is 11.6 Å². The van der Waals surface area contributed by atoms with Crippen molar-refractivity contribution in [2.24, 2.45) is 10.7 Å². The summed E-state index contributed by atoms with van der Waals surface area (Å²) in [6, 6.07) is 11.6. The van der Waals surface area contributed by atoms with Crippen LogP contribution in [0.25, 0.3) is 11.1 Å². The number of nitrogens with zero attached hydrogens (tertiary/aromatic N) is 6. The summed E-state index contributed by atoms with van der Waals surface area (Å²) in [5.41, 5.74) is 10.4. The third-order valence-electron chi connectivity index (χ3n) is 6.20. The van der Waals surface area contributed by atoms with Gasteiger partial charge in [-0.2, -0.15) is 15.6 Å². The van der Waals surface area contributed by atoms with Gasteiger partial charge in [-0.25, -0.2) is 4.52 Å². The number of aromatic nitrogens is 2. The summed E-state index contributed by atoms with van der Waals surface area (Å²) in [5, 5.41) is 23.4. The van der Waals surface area contributed by atoms with Crippen molar-refractivity contribution in [3.05, 3.63) is 70.6 Å². The molecule has 1 aromatic carbocycles. The zero-order chi connectivity index (χ0) is 24.9. The number of allylic oxidation sites excluding steroid dienone is 1. The molecule has 1 aliphatic rings. The van der Waals surface area contributed by atoms with E-state index in [2.05, 4.69) is 17.4 Å². The van der Waals surface area contributed by atoms with Crippen LogP contribution in [0.15, 0.2) is 53.9 Å². The van der Waals surface area contributed by atoms with E-state index in [1.54, 1.807) is 21.7 Å². The van der Waals surface area contributed by atoms with E-state index < -0.39 is 6.10 Å². The Morgan fingerprint density at radius 3 is 2.74 bits per heavy atom. The molecular weight excluding hydrogens is 462 g/mol. The molecule has 4 rings (SSSR count). The molecular formula is C26H26ClN7O. The fraction of sp³-hybridized carbons (Fsp3) is 0.308. The summed E-state index contributed by atoms with van der Waals surface area (Å²) in [7, 11) is 0. The number of fused-ring (bicyclic) bond motifs is 1. The Balaban J connectivity index is 1.68. The number of nitrogens with two attached hydrogens (primary N) is 1. The molecule has 3 heterocycles. The van der Waals surface area contributed by atoms with Gasteiger partial charge in [-0.3, -0.25) is 4.99 Å². The van der Waals surface area contributed by atoms with Crippen LogP contribution in [0.5, 0.6) is 5.75 Å². The monoisotopic (exact) mass is 487 g/mol. The molecule has 0 bridgehead atoms. The lowest BCUT2D eigenvalue weighted by Crippen LogP contribution is -2.32. The Labute approximate surface area is 209 Å². The van der Waals surface area contributed by atoms with Crippen LogP contribution in [0.4, 0.5) is 0 Å². The van der Waals surface area contributed by atoms with Crippen LogP contribution in [0, 0.1) is 22.8 Å². The maximum absolute atomic E-state index is 9.50. The third kappa shape index (κ3) is 5.08. The van der Waals surface area contributed by atoms with Gasteiger partial charge in [0.15, 0.2) is 6.19 Å². The van der Waals surface area contributed by atoms with Crippen LogP contribution in [0.1, 0.15) is 49.5 Å². The van der Waals surface area contributed by atoms with Crippen LogP contribution in [0.2, 0.25) is 5.02 Å². The number of likely N-dealkylation sites (tertiary alicyclic amines) is 1. The molecule has 0 radical (unpaired) electrons. The van der Waals surface area contributed by atoms with E-state index >= 15 is 0 Å². The average Bonchev–Trinajstić information content (AvgIpc) is 3.25. The second-order valence-corrected chi connectivity index (χ2v) is 8.86. The maximum Gasteiger partial charge on any atom is 0.179 e. The van der Waals surface area contributed by atoms with Crippen molar-refractivity contribution in [3.8, 4) is 18.0 Å². The Morgan fingerprint density at radius 2 is 2.06 bits per heavy atom. The molecule has 8 nitrogen and oxygen atoms in total. The van der Waals surface area contributed by atoms with Crippen molar-refractivity contribution < 1.29 is 4.74 Å². The number of halogens is 1. The number of hydrogen-bond acceptors (Lipinski definition) is 7. The molecule has 178 valence electrons. The molecule has 2 aromatic heterocycles. The average molecular weight is 488 g/mol.